The minimum Gasteiger partial charge on any atom is -0.478 e. The number of carboxylic acids is 1. The van der Waals surface area contributed by atoms with Crippen LogP contribution in [-0.2, 0) is 31.4 Å². The fraction of sp³-hybridized carbons (Fsp3) is 0.241. The second-order valence-electron chi connectivity index (χ2n) is 9.66. The first-order valence-corrected chi connectivity index (χ1v) is 12.7. The van der Waals surface area contributed by atoms with Gasteiger partial charge in [-0.2, -0.15) is 5.10 Å². The molecule has 1 saturated heterocycles. The number of fused-ring (bicyclic) bond motifs is 1. The Morgan fingerprint density at radius 2 is 1.98 bits per heavy atom. The molecule has 9 nitrogen and oxygen atoms in total. The minimum absolute atomic E-state index is 0.00649. The summed E-state index contributed by atoms with van der Waals surface area (Å²) >= 11 is 0. The van der Waals surface area contributed by atoms with Gasteiger partial charge in [0, 0.05) is 37.9 Å². The van der Waals surface area contributed by atoms with Crippen LogP contribution in [0.1, 0.15) is 33.9 Å². The molecule has 1 atom stereocenters. The van der Waals surface area contributed by atoms with Gasteiger partial charge in [0.2, 0.25) is 5.88 Å². The fourth-order valence-corrected chi connectivity index (χ4v) is 4.70. The van der Waals surface area contributed by atoms with Crippen LogP contribution in [0, 0.1) is 11.6 Å². The maximum Gasteiger partial charge on any atom is 0.335 e. The maximum atomic E-state index is 15.4. The first kappa shape index (κ1) is 25.6. The molecule has 0 radical (unpaired) electrons. The molecule has 1 fully saturated rings. The van der Waals surface area contributed by atoms with Gasteiger partial charge >= 0.3 is 5.97 Å². The van der Waals surface area contributed by atoms with Gasteiger partial charge in [-0.1, -0.05) is 6.07 Å². The lowest BCUT2D eigenvalue weighted by atomic mass is 10.0. The molecule has 40 heavy (non-hydrogen) atoms. The number of pyridine rings is 1. The van der Waals surface area contributed by atoms with Gasteiger partial charge in [-0.25, -0.2) is 23.5 Å². The van der Waals surface area contributed by atoms with Crippen LogP contribution in [0.4, 0.5) is 8.78 Å². The summed E-state index contributed by atoms with van der Waals surface area (Å²) in [7, 11) is 1.80. The standard InChI is InChI=1S/C29H25F2N5O4/c1-35-9-7-19(34-35)16-40-28-4-2-3-24(33-28)21-14-22(30)18(11-23(21)31)13-27-32-25-6-5-17(29(37)38)12-26(25)36(27)15-20-8-10-39-20/h2-7,9,11-12,14,20H,8,10,13,15-16H2,1H3,(H,37,38)/t20-/m0/s1. The summed E-state index contributed by atoms with van der Waals surface area (Å²) in [5.74, 6) is -1.55. The Balaban J connectivity index is 1.28. The number of hydrogen-bond acceptors (Lipinski definition) is 6. The monoisotopic (exact) mass is 545 g/mol. The molecule has 5 aromatic rings. The number of carboxylic acid groups (broad SMARTS) is 1. The number of hydrogen-bond donors (Lipinski definition) is 1. The SMILES string of the molecule is Cn1ccc(COc2cccc(-c3cc(F)c(Cc4nc5ccc(C(=O)O)cc5n4C[C@@H]4CCO4)cc3F)n2)n1. The van der Waals surface area contributed by atoms with Gasteiger partial charge in [0.05, 0.1) is 40.6 Å². The van der Waals surface area contributed by atoms with Crippen LogP contribution in [-0.4, -0.2) is 48.1 Å². The van der Waals surface area contributed by atoms with Crippen molar-refractivity contribution >= 4 is 17.0 Å². The van der Waals surface area contributed by atoms with Crippen LogP contribution in [0.3, 0.4) is 0 Å². The first-order valence-electron chi connectivity index (χ1n) is 12.7. The number of carbonyl (C=O) groups is 1. The molecule has 1 aliphatic rings. The Morgan fingerprint density at radius 1 is 1.12 bits per heavy atom. The highest BCUT2D eigenvalue weighted by Crippen LogP contribution is 2.29. The van der Waals surface area contributed by atoms with Gasteiger partial charge in [-0.15, -0.1) is 0 Å². The summed E-state index contributed by atoms with van der Waals surface area (Å²) in [6, 6.07) is 13.6. The minimum atomic E-state index is -1.06. The van der Waals surface area contributed by atoms with Crippen molar-refractivity contribution < 1.29 is 28.2 Å². The highest BCUT2D eigenvalue weighted by atomic mass is 19.1. The number of imidazole rings is 1. The fourth-order valence-electron chi connectivity index (χ4n) is 4.70. The van der Waals surface area contributed by atoms with Crippen LogP contribution >= 0.6 is 0 Å². The normalized spacial score (nSPS) is 14.8. The zero-order valence-electron chi connectivity index (χ0n) is 21.6. The third-order valence-corrected chi connectivity index (χ3v) is 6.87. The van der Waals surface area contributed by atoms with E-state index >= 15 is 8.78 Å². The second kappa shape index (κ2) is 10.5. The van der Waals surface area contributed by atoms with Crippen molar-refractivity contribution in [3.05, 3.63) is 95.1 Å². The Hall–Kier alpha value is -4.64. The van der Waals surface area contributed by atoms with Gasteiger partial charge < -0.3 is 19.1 Å². The van der Waals surface area contributed by atoms with E-state index in [1.165, 1.54) is 6.07 Å². The average Bonchev–Trinajstić information content (AvgIpc) is 3.49. The van der Waals surface area contributed by atoms with Crippen LogP contribution in [0.5, 0.6) is 5.88 Å². The van der Waals surface area contributed by atoms with E-state index in [-0.39, 0.29) is 47.4 Å². The van der Waals surface area contributed by atoms with E-state index in [2.05, 4.69) is 15.1 Å². The molecule has 11 heteroatoms. The average molecular weight is 546 g/mol. The Morgan fingerprint density at radius 3 is 2.70 bits per heavy atom. The molecular weight excluding hydrogens is 520 g/mol. The quantitative estimate of drug-likeness (QED) is 0.285. The number of aromatic carboxylic acids is 1. The van der Waals surface area contributed by atoms with E-state index in [9.17, 15) is 9.90 Å². The van der Waals surface area contributed by atoms with Crippen LogP contribution in [0.15, 0.2) is 60.8 Å². The van der Waals surface area contributed by atoms with Crippen LogP contribution in [0.25, 0.3) is 22.3 Å². The molecule has 0 aliphatic carbocycles. The highest BCUT2D eigenvalue weighted by molar-refractivity contribution is 5.92. The Labute approximate surface area is 227 Å². The summed E-state index contributed by atoms with van der Waals surface area (Å²) in [4.78, 5) is 20.5. The predicted molar refractivity (Wildman–Crippen MR) is 141 cm³/mol. The number of halogens is 2. The van der Waals surface area contributed by atoms with E-state index in [1.54, 1.807) is 48.3 Å². The number of nitrogens with zero attached hydrogens (tertiary/aromatic N) is 5. The van der Waals surface area contributed by atoms with E-state index in [4.69, 9.17) is 9.47 Å². The number of benzene rings is 2. The molecule has 204 valence electrons. The van der Waals surface area contributed by atoms with E-state index in [0.717, 1.165) is 18.6 Å². The Bertz CT molecular complexity index is 1730. The van der Waals surface area contributed by atoms with Crippen molar-refractivity contribution in [3.8, 4) is 17.1 Å². The van der Waals surface area contributed by atoms with Gasteiger partial charge in [-0.05, 0) is 54.4 Å². The molecule has 0 unspecified atom stereocenters. The van der Waals surface area contributed by atoms with Crippen molar-refractivity contribution in [3.63, 3.8) is 0 Å². The predicted octanol–water partition coefficient (Wildman–Crippen LogP) is 4.77. The topological polar surface area (TPSA) is 104 Å². The lowest BCUT2D eigenvalue weighted by Gasteiger charge is -2.27. The third-order valence-electron chi connectivity index (χ3n) is 6.87. The van der Waals surface area contributed by atoms with Crippen molar-refractivity contribution in [2.45, 2.75) is 32.1 Å². The molecule has 2 aromatic carbocycles. The van der Waals surface area contributed by atoms with E-state index in [0.29, 0.717) is 35.7 Å². The molecule has 3 aromatic heterocycles. The van der Waals surface area contributed by atoms with Crippen LogP contribution < -0.4 is 4.74 Å². The van der Waals surface area contributed by atoms with Crippen molar-refractivity contribution in [2.24, 2.45) is 7.05 Å². The van der Waals surface area contributed by atoms with Crippen molar-refractivity contribution in [2.75, 3.05) is 6.61 Å². The highest BCUT2D eigenvalue weighted by Gasteiger charge is 2.23. The molecule has 0 spiro atoms. The smallest absolute Gasteiger partial charge is 0.335 e. The maximum absolute atomic E-state index is 15.4. The van der Waals surface area contributed by atoms with Gasteiger partial charge in [0.1, 0.15) is 24.1 Å². The van der Waals surface area contributed by atoms with Crippen LogP contribution in [0.2, 0.25) is 0 Å². The molecule has 0 saturated carbocycles. The van der Waals surface area contributed by atoms with Gasteiger partial charge in [-0.3, -0.25) is 4.68 Å². The molecule has 4 heterocycles. The number of ether oxygens (including phenoxy) is 2. The van der Waals surface area contributed by atoms with E-state index < -0.39 is 17.6 Å². The second-order valence-corrected chi connectivity index (χ2v) is 9.66. The van der Waals surface area contributed by atoms with Gasteiger partial charge in [0.15, 0.2) is 0 Å². The molecule has 6 rings (SSSR count). The zero-order valence-corrected chi connectivity index (χ0v) is 21.6. The molecular formula is C29H25F2N5O4. The lowest BCUT2D eigenvalue weighted by Crippen LogP contribution is -2.31. The lowest BCUT2D eigenvalue weighted by molar-refractivity contribution is -0.0589. The third kappa shape index (κ3) is 5.15. The summed E-state index contributed by atoms with van der Waals surface area (Å²) in [5.41, 5.74) is 2.37. The number of aryl methyl sites for hydroxylation is 1. The first-order chi connectivity index (χ1) is 19.3. The van der Waals surface area contributed by atoms with Crippen molar-refractivity contribution in [1.82, 2.24) is 24.3 Å². The summed E-state index contributed by atoms with van der Waals surface area (Å²) < 4.78 is 45.5. The van der Waals surface area contributed by atoms with E-state index in [1.807, 2.05) is 10.6 Å². The summed E-state index contributed by atoms with van der Waals surface area (Å²) in [5, 5.41) is 13.7. The Kier molecular flexibility index (Phi) is 6.72. The summed E-state index contributed by atoms with van der Waals surface area (Å²) in [6.45, 7) is 1.28. The molecule has 1 N–H and O–H groups in total. The molecule has 0 amide bonds. The number of rotatable bonds is 9. The van der Waals surface area contributed by atoms with Crippen molar-refractivity contribution in [1.29, 1.82) is 0 Å². The molecule has 1 aliphatic heterocycles. The number of aromatic nitrogens is 5. The largest absolute Gasteiger partial charge is 0.478 e. The molecule has 0 bridgehead atoms. The summed E-state index contributed by atoms with van der Waals surface area (Å²) in [6.07, 6.45) is 2.61. The van der Waals surface area contributed by atoms with Gasteiger partial charge in [0.25, 0.3) is 0 Å². The zero-order chi connectivity index (χ0) is 27.8.